The second-order valence-corrected chi connectivity index (χ2v) is 12.6. The summed E-state index contributed by atoms with van der Waals surface area (Å²) in [6, 6.07) is 0. The van der Waals surface area contributed by atoms with Crippen LogP contribution in [0.3, 0.4) is 0 Å². The van der Waals surface area contributed by atoms with Crippen LogP contribution in [0, 0.1) is 11.8 Å². The Balaban J connectivity index is 0.00000392. The number of aliphatic imine (C=N–C) groups is 1. The molecule has 2 unspecified atom stereocenters. The van der Waals surface area contributed by atoms with Gasteiger partial charge in [-0.05, 0) is 52.9 Å². The van der Waals surface area contributed by atoms with Crippen LogP contribution in [0.15, 0.2) is 4.99 Å². The highest BCUT2D eigenvalue weighted by atomic mass is 127. The lowest BCUT2D eigenvalue weighted by Crippen LogP contribution is -2.58. The van der Waals surface area contributed by atoms with E-state index < -0.39 is 14.6 Å². The summed E-state index contributed by atoms with van der Waals surface area (Å²) >= 11 is 0. The van der Waals surface area contributed by atoms with Crippen LogP contribution in [-0.2, 0) is 9.84 Å². The molecule has 6 nitrogen and oxygen atoms in total. The molecule has 0 aromatic heterocycles. The molecule has 2 rings (SSSR count). The fourth-order valence-electron chi connectivity index (χ4n) is 4.28. The standard InChI is InChI=1S/C20H40N4O2S.HI/c1-8-21-18(23-9-10-27(25,26)20(6,7)15-23)22-14-19(4,5)24-12-16(2)11-17(3)13-24;/h16-17H,8-15H2,1-7H3,(H,21,22);1H. The van der Waals surface area contributed by atoms with Crippen molar-refractivity contribution in [3.05, 3.63) is 0 Å². The second kappa shape index (κ2) is 9.81. The maximum Gasteiger partial charge on any atom is 0.194 e. The van der Waals surface area contributed by atoms with Crippen LogP contribution in [0.2, 0.25) is 0 Å². The van der Waals surface area contributed by atoms with E-state index >= 15 is 0 Å². The minimum Gasteiger partial charge on any atom is -0.357 e. The van der Waals surface area contributed by atoms with Crippen molar-refractivity contribution in [1.29, 1.82) is 0 Å². The maximum absolute atomic E-state index is 12.3. The number of rotatable bonds is 4. The first-order valence-electron chi connectivity index (χ1n) is 10.4. The van der Waals surface area contributed by atoms with E-state index in [2.05, 4.69) is 49.7 Å². The van der Waals surface area contributed by atoms with Crippen molar-refractivity contribution in [2.45, 2.75) is 65.2 Å². The molecule has 0 aromatic carbocycles. The Bertz CT molecular complexity index is 639. The van der Waals surface area contributed by atoms with Crippen LogP contribution in [0.1, 0.15) is 54.9 Å². The summed E-state index contributed by atoms with van der Waals surface area (Å²) in [5.41, 5.74) is -0.0129. The molecule has 2 saturated heterocycles. The van der Waals surface area contributed by atoms with Crippen LogP contribution in [0.25, 0.3) is 0 Å². The molecule has 0 saturated carbocycles. The van der Waals surface area contributed by atoms with E-state index in [-0.39, 0.29) is 35.3 Å². The van der Waals surface area contributed by atoms with Crippen LogP contribution >= 0.6 is 24.0 Å². The number of piperidine rings is 1. The largest absolute Gasteiger partial charge is 0.357 e. The average molecular weight is 529 g/mol. The lowest BCUT2D eigenvalue weighted by atomic mass is 9.88. The first-order valence-corrected chi connectivity index (χ1v) is 12.0. The van der Waals surface area contributed by atoms with Crippen molar-refractivity contribution >= 4 is 39.8 Å². The van der Waals surface area contributed by atoms with Crippen molar-refractivity contribution in [2.75, 3.05) is 45.0 Å². The van der Waals surface area contributed by atoms with E-state index in [0.29, 0.717) is 19.6 Å². The lowest BCUT2D eigenvalue weighted by molar-refractivity contribution is 0.0511. The van der Waals surface area contributed by atoms with Crippen LogP contribution in [-0.4, -0.2) is 79.5 Å². The molecular weight excluding hydrogens is 487 g/mol. The van der Waals surface area contributed by atoms with Crippen molar-refractivity contribution in [3.8, 4) is 0 Å². The van der Waals surface area contributed by atoms with E-state index in [4.69, 9.17) is 4.99 Å². The molecule has 0 bridgehead atoms. The Morgan fingerprint density at radius 1 is 1.21 bits per heavy atom. The Hall–Kier alpha value is -0.0900. The van der Waals surface area contributed by atoms with Crippen LogP contribution in [0.5, 0.6) is 0 Å². The molecule has 0 aromatic rings. The van der Waals surface area contributed by atoms with Crippen molar-refractivity contribution in [3.63, 3.8) is 0 Å². The fraction of sp³-hybridized carbons (Fsp3) is 0.950. The third-order valence-corrected chi connectivity index (χ3v) is 8.55. The molecule has 0 spiro atoms. The lowest BCUT2D eigenvalue weighted by Gasteiger charge is -2.45. The summed E-state index contributed by atoms with van der Waals surface area (Å²) in [6.45, 7) is 19.6. The smallest absolute Gasteiger partial charge is 0.194 e. The molecule has 166 valence electrons. The van der Waals surface area contributed by atoms with E-state index in [1.54, 1.807) is 0 Å². The first-order chi connectivity index (χ1) is 12.4. The van der Waals surface area contributed by atoms with Gasteiger partial charge in [0.25, 0.3) is 0 Å². The second-order valence-electron chi connectivity index (χ2n) is 9.83. The van der Waals surface area contributed by atoms with Gasteiger partial charge in [-0.25, -0.2) is 8.42 Å². The van der Waals surface area contributed by atoms with E-state index in [9.17, 15) is 8.42 Å². The van der Waals surface area contributed by atoms with Gasteiger partial charge in [0.15, 0.2) is 15.8 Å². The molecule has 1 N–H and O–H groups in total. The number of sulfone groups is 1. The minimum absolute atomic E-state index is 0. The molecule has 2 atom stereocenters. The zero-order chi connectivity index (χ0) is 20.5. The predicted octanol–water partition coefficient (Wildman–Crippen LogP) is 2.84. The highest BCUT2D eigenvalue weighted by molar-refractivity contribution is 14.0. The van der Waals surface area contributed by atoms with Crippen molar-refractivity contribution in [2.24, 2.45) is 16.8 Å². The third kappa shape index (κ3) is 6.20. The Kier molecular flexibility index (Phi) is 9.09. The zero-order valence-corrected chi connectivity index (χ0v) is 21.9. The summed E-state index contributed by atoms with van der Waals surface area (Å²) in [7, 11) is -3.05. The molecule has 0 radical (unpaired) electrons. The Morgan fingerprint density at radius 3 is 2.29 bits per heavy atom. The van der Waals surface area contributed by atoms with Crippen LogP contribution in [0.4, 0.5) is 0 Å². The SMILES string of the molecule is CCNC(=NCC(C)(C)N1CC(C)CC(C)C1)N1CCS(=O)(=O)C(C)(C)C1.I. The number of nitrogens with one attached hydrogen (secondary N) is 1. The van der Waals surface area contributed by atoms with Gasteiger partial charge in [0.2, 0.25) is 0 Å². The zero-order valence-electron chi connectivity index (χ0n) is 18.8. The third-order valence-electron chi connectivity index (χ3n) is 6.02. The normalized spacial score (nSPS) is 28.5. The molecule has 8 heteroatoms. The number of hydrogen-bond donors (Lipinski definition) is 1. The molecule has 2 fully saturated rings. The summed E-state index contributed by atoms with van der Waals surface area (Å²) in [5.74, 6) is 2.47. The summed E-state index contributed by atoms with van der Waals surface area (Å²) in [6.07, 6.45) is 1.30. The topological polar surface area (TPSA) is 65.0 Å². The van der Waals surface area contributed by atoms with Gasteiger partial charge in [0, 0.05) is 38.3 Å². The molecule has 0 aliphatic carbocycles. The minimum atomic E-state index is -3.05. The van der Waals surface area contributed by atoms with Crippen molar-refractivity contribution < 1.29 is 8.42 Å². The molecule has 2 aliphatic heterocycles. The number of halogens is 1. The fourth-order valence-corrected chi connectivity index (χ4v) is 5.64. The van der Waals surface area contributed by atoms with E-state index in [1.807, 2.05) is 13.8 Å². The highest BCUT2D eigenvalue weighted by Crippen LogP contribution is 2.28. The van der Waals surface area contributed by atoms with Gasteiger partial charge in [-0.2, -0.15) is 0 Å². The molecule has 0 amide bonds. The van der Waals surface area contributed by atoms with Crippen LogP contribution < -0.4 is 5.32 Å². The number of likely N-dealkylation sites (tertiary alicyclic amines) is 1. The summed E-state index contributed by atoms with van der Waals surface area (Å²) in [4.78, 5) is 9.63. The quantitative estimate of drug-likeness (QED) is 0.346. The Labute approximate surface area is 189 Å². The van der Waals surface area contributed by atoms with E-state index in [0.717, 1.165) is 37.4 Å². The van der Waals surface area contributed by atoms with Gasteiger partial charge in [-0.15, -0.1) is 24.0 Å². The summed E-state index contributed by atoms with van der Waals surface area (Å²) in [5, 5.41) is 3.37. The monoisotopic (exact) mass is 528 g/mol. The number of hydrogen-bond acceptors (Lipinski definition) is 4. The maximum atomic E-state index is 12.3. The van der Waals surface area contributed by atoms with Gasteiger partial charge >= 0.3 is 0 Å². The highest BCUT2D eigenvalue weighted by Gasteiger charge is 2.41. The summed E-state index contributed by atoms with van der Waals surface area (Å²) < 4.78 is 23.9. The predicted molar refractivity (Wildman–Crippen MR) is 129 cm³/mol. The first kappa shape index (κ1) is 25.9. The van der Waals surface area contributed by atoms with E-state index in [1.165, 1.54) is 6.42 Å². The molecular formula is C20H41IN4O2S. The van der Waals surface area contributed by atoms with Gasteiger partial charge in [0.05, 0.1) is 17.0 Å². The van der Waals surface area contributed by atoms with Gasteiger partial charge in [-0.1, -0.05) is 13.8 Å². The number of nitrogens with zero attached hydrogens (tertiary/aromatic N) is 3. The molecule has 2 aliphatic rings. The van der Waals surface area contributed by atoms with Gasteiger partial charge in [-0.3, -0.25) is 9.89 Å². The Morgan fingerprint density at radius 2 is 1.79 bits per heavy atom. The number of guanidine groups is 1. The molecule has 2 heterocycles. The average Bonchev–Trinajstić information content (AvgIpc) is 2.53. The van der Waals surface area contributed by atoms with Crippen molar-refractivity contribution in [1.82, 2.24) is 15.1 Å². The van der Waals surface area contributed by atoms with Gasteiger partial charge < -0.3 is 10.2 Å². The molecule has 28 heavy (non-hydrogen) atoms. The van der Waals surface area contributed by atoms with Gasteiger partial charge in [0.1, 0.15) is 0 Å².